The van der Waals surface area contributed by atoms with Crippen molar-refractivity contribution < 1.29 is 38.2 Å². The number of nitriles is 1. The zero-order valence-corrected chi connectivity index (χ0v) is 32.9. The molecule has 2 N–H and O–H groups in total. The number of carbonyl (C=O) groups excluding carboxylic acids is 5. The lowest BCUT2D eigenvalue weighted by molar-refractivity contribution is -0.136. The molecular weight excluding hydrogens is 753 g/mol. The largest absolute Gasteiger partial charge is 0.494 e. The average molecular weight is 799 g/mol. The van der Waals surface area contributed by atoms with Gasteiger partial charge in [-0.15, -0.1) is 0 Å². The van der Waals surface area contributed by atoms with Gasteiger partial charge in [-0.1, -0.05) is 0 Å². The number of benzene rings is 3. The smallest absolute Gasteiger partial charge is 0.262 e. The number of fused-ring (bicyclic) bond motifs is 2. The van der Waals surface area contributed by atoms with Gasteiger partial charge in [0.15, 0.2) is 0 Å². The first kappa shape index (κ1) is 39.5. The first-order valence-corrected chi connectivity index (χ1v) is 20.4. The summed E-state index contributed by atoms with van der Waals surface area (Å²) in [6.07, 6.45) is 8.63. The Morgan fingerprint density at radius 3 is 2.42 bits per heavy atom. The minimum atomic E-state index is -1.00. The van der Waals surface area contributed by atoms with Gasteiger partial charge in [0.2, 0.25) is 11.8 Å². The summed E-state index contributed by atoms with van der Waals surface area (Å²) < 4.78 is 18.5. The van der Waals surface area contributed by atoms with Gasteiger partial charge in [0.25, 0.3) is 17.7 Å². The van der Waals surface area contributed by atoms with Gasteiger partial charge in [-0.25, -0.2) is 0 Å². The molecule has 5 amide bonds. The molecule has 3 fully saturated rings. The highest BCUT2D eigenvalue weighted by Gasteiger charge is 2.45. The molecule has 1 unspecified atom stereocenters. The molecule has 14 nitrogen and oxygen atoms in total. The molecule has 2 aliphatic heterocycles. The molecule has 0 bridgehead atoms. The number of aromatic nitrogens is 1. The summed E-state index contributed by atoms with van der Waals surface area (Å²) in [4.78, 5) is 70.7. The lowest BCUT2D eigenvalue weighted by Crippen LogP contribution is -2.54. The van der Waals surface area contributed by atoms with Gasteiger partial charge in [0, 0.05) is 48.5 Å². The summed E-state index contributed by atoms with van der Waals surface area (Å²) in [7, 11) is 2.10. The van der Waals surface area contributed by atoms with Crippen LogP contribution >= 0.6 is 0 Å². The molecular formula is C45H46N6O8. The number of imide groups is 2. The van der Waals surface area contributed by atoms with Crippen molar-refractivity contribution in [2.45, 2.75) is 94.5 Å². The summed E-state index contributed by atoms with van der Waals surface area (Å²) in [6.45, 7) is 1.47. The molecule has 304 valence electrons. The second-order valence-corrected chi connectivity index (χ2v) is 15.8. The molecule has 8 rings (SSSR count). The van der Waals surface area contributed by atoms with Crippen molar-refractivity contribution in [2.24, 2.45) is 0 Å². The molecule has 0 radical (unpaired) electrons. The molecule has 1 saturated heterocycles. The fourth-order valence-corrected chi connectivity index (χ4v) is 8.36. The van der Waals surface area contributed by atoms with Gasteiger partial charge in [-0.2, -0.15) is 5.26 Å². The van der Waals surface area contributed by atoms with E-state index in [-0.39, 0.29) is 48.1 Å². The van der Waals surface area contributed by atoms with Crippen LogP contribution in [-0.2, 0) is 9.59 Å². The van der Waals surface area contributed by atoms with Crippen LogP contribution in [0.3, 0.4) is 0 Å². The molecule has 0 spiro atoms. The monoisotopic (exact) mass is 798 g/mol. The Bertz CT molecular complexity index is 2310. The molecule has 3 aromatic carbocycles. The molecule has 2 aliphatic carbocycles. The summed E-state index contributed by atoms with van der Waals surface area (Å²) >= 11 is 0. The minimum absolute atomic E-state index is 0.0115. The second-order valence-electron chi connectivity index (χ2n) is 15.8. The van der Waals surface area contributed by atoms with Crippen molar-refractivity contribution in [2.75, 3.05) is 20.2 Å². The van der Waals surface area contributed by atoms with Crippen LogP contribution in [0.2, 0.25) is 0 Å². The molecule has 59 heavy (non-hydrogen) atoms. The van der Waals surface area contributed by atoms with E-state index in [4.69, 9.17) is 14.2 Å². The fourth-order valence-electron chi connectivity index (χ4n) is 8.36. The summed E-state index contributed by atoms with van der Waals surface area (Å²) in [5, 5.41) is 15.6. The standard InChI is InChI=1S/C45H46N6O8/c1-50(30-23-34(24-30)58-33-15-16-35-37(25-33)45(56)51(44(35)55)38-17-19-40(52)49-43(38)54)21-2-3-22-57-31-11-6-27(7-12-31)42(53)48-29-9-13-32(14-10-29)59-39-18-8-28(26-46)41-36(39)5-4-20-47-41/h4-8,11-12,15-16,18,20,25,29-30,32,34,38H,2-3,9-10,13-14,17,19,21-24H2,1H3,(H,48,53)(H,49,52,54). The Hall–Kier alpha value is -6.33. The van der Waals surface area contributed by atoms with Crippen LogP contribution < -0.4 is 24.8 Å². The normalized spacial score (nSPS) is 22.7. The number of nitrogens with zero attached hydrogens (tertiary/aromatic N) is 4. The van der Waals surface area contributed by atoms with Crippen LogP contribution in [0.15, 0.2) is 72.9 Å². The number of ether oxygens (including phenoxy) is 3. The maximum absolute atomic E-state index is 13.1. The predicted molar refractivity (Wildman–Crippen MR) is 215 cm³/mol. The quantitative estimate of drug-likeness (QED) is 0.124. The van der Waals surface area contributed by atoms with Crippen LogP contribution in [0.4, 0.5) is 0 Å². The van der Waals surface area contributed by atoms with Gasteiger partial charge in [0.05, 0.1) is 34.9 Å². The average Bonchev–Trinajstić information content (AvgIpc) is 3.47. The third-order valence-electron chi connectivity index (χ3n) is 11.9. The molecule has 14 heteroatoms. The maximum atomic E-state index is 13.1. The van der Waals surface area contributed by atoms with E-state index < -0.39 is 29.7 Å². The summed E-state index contributed by atoms with van der Waals surface area (Å²) in [6, 6.07) is 21.1. The van der Waals surface area contributed by atoms with Gasteiger partial charge in [-0.3, -0.25) is 39.2 Å². The van der Waals surface area contributed by atoms with Crippen molar-refractivity contribution >= 4 is 40.4 Å². The Kier molecular flexibility index (Phi) is 11.6. The van der Waals surface area contributed by atoms with Gasteiger partial charge in [0.1, 0.15) is 35.5 Å². The van der Waals surface area contributed by atoms with E-state index in [1.807, 2.05) is 30.3 Å². The minimum Gasteiger partial charge on any atom is -0.494 e. The molecule has 1 aromatic heterocycles. The molecule has 4 aliphatic rings. The molecule has 2 saturated carbocycles. The molecule has 4 aromatic rings. The number of pyridine rings is 1. The Labute approximate surface area is 341 Å². The van der Waals surface area contributed by atoms with Gasteiger partial charge < -0.3 is 24.4 Å². The van der Waals surface area contributed by atoms with Crippen LogP contribution in [0.1, 0.15) is 101 Å². The van der Waals surface area contributed by atoms with E-state index in [0.29, 0.717) is 35.0 Å². The lowest BCUT2D eigenvalue weighted by Gasteiger charge is -2.41. The number of carbonyl (C=O) groups is 5. The maximum Gasteiger partial charge on any atom is 0.262 e. The second kappa shape index (κ2) is 17.3. The molecule has 1 atom stereocenters. The van der Waals surface area contributed by atoms with Crippen molar-refractivity contribution in [1.29, 1.82) is 5.26 Å². The first-order valence-electron chi connectivity index (χ1n) is 20.4. The topological polar surface area (TPSA) is 180 Å². The van der Waals surface area contributed by atoms with Crippen molar-refractivity contribution in [3.63, 3.8) is 0 Å². The Morgan fingerprint density at radius 2 is 1.66 bits per heavy atom. The van der Waals surface area contributed by atoms with Crippen molar-refractivity contribution in [3.05, 3.63) is 95.2 Å². The van der Waals surface area contributed by atoms with Crippen LogP contribution in [0.25, 0.3) is 10.9 Å². The number of nitrogens with one attached hydrogen (secondary N) is 2. The number of rotatable bonds is 14. The van der Waals surface area contributed by atoms with Crippen molar-refractivity contribution in [1.82, 2.24) is 25.4 Å². The van der Waals surface area contributed by atoms with Crippen LogP contribution in [0.5, 0.6) is 17.2 Å². The van der Waals surface area contributed by atoms with Gasteiger partial charge in [-0.05, 0) is 125 Å². The van der Waals surface area contributed by atoms with Crippen LogP contribution in [0, 0.1) is 11.3 Å². The highest BCUT2D eigenvalue weighted by Crippen LogP contribution is 2.34. The number of hydrogen-bond donors (Lipinski definition) is 2. The van der Waals surface area contributed by atoms with E-state index >= 15 is 0 Å². The van der Waals surface area contributed by atoms with E-state index in [1.54, 1.807) is 42.6 Å². The van der Waals surface area contributed by atoms with E-state index in [2.05, 4.69) is 33.6 Å². The SMILES string of the molecule is CN(CCCCOc1ccc(C(=O)NC2CCC(Oc3ccc(C#N)c4ncccc34)CC2)cc1)C1CC(Oc2ccc3c(c2)C(=O)N(C2CCC(=O)NC2=O)C3=O)C1. The fraction of sp³-hybridized carbons (Fsp3) is 0.400. The Morgan fingerprint density at radius 1 is 0.898 bits per heavy atom. The number of hydrogen-bond acceptors (Lipinski definition) is 11. The third-order valence-corrected chi connectivity index (χ3v) is 11.9. The third kappa shape index (κ3) is 8.61. The highest BCUT2D eigenvalue weighted by atomic mass is 16.5. The van der Waals surface area contributed by atoms with Gasteiger partial charge >= 0.3 is 0 Å². The lowest BCUT2D eigenvalue weighted by atomic mass is 9.88. The number of piperidine rings is 1. The number of amides is 5. The zero-order valence-electron chi connectivity index (χ0n) is 32.9. The zero-order chi connectivity index (χ0) is 41.0. The first-order chi connectivity index (χ1) is 28.6. The van der Waals surface area contributed by atoms with E-state index in [0.717, 1.165) is 79.7 Å². The van der Waals surface area contributed by atoms with Crippen molar-refractivity contribution in [3.8, 4) is 23.3 Å². The highest BCUT2D eigenvalue weighted by molar-refractivity contribution is 6.23. The summed E-state index contributed by atoms with van der Waals surface area (Å²) in [5.74, 6) is -0.279. The Balaban J connectivity index is 0.705. The van der Waals surface area contributed by atoms with E-state index in [1.165, 1.54) is 0 Å². The predicted octanol–water partition coefficient (Wildman–Crippen LogP) is 5.33. The van der Waals surface area contributed by atoms with E-state index in [9.17, 15) is 29.2 Å². The summed E-state index contributed by atoms with van der Waals surface area (Å²) in [5.41, 5.74) is 2.19. The molecule has 3 heterocycles. The number of unbranched alkanes of at least 4 members (excludes halogenated alkanes) is 1. The van der Waals surface area contributed by atoms with Crippen LogP contribution in [-0.4, -0.2) is 94.9 Å².